The minimum absolute atomic E-state index is 0. The van der Waals surface area contributed by atoms with Crippen LogP contribution in [0.5, 0.6) is 0 Å². The molecule has 1 saturated heterocycles. The van der Waals surface area contributed by atoms with E-state index in [1.54, 1.807) is 6.08 Å². The molecule has 0 amide bonds. The number of hydrogen-bond donors (Lipinski definition) is 1. The third kappa shape index (κ3) is 3.49. The van der Waals surface area contributed by atoms with Crippen molar-refractivity contribution >= 4 is 12.4 Å². The van der Waals surface area contributed by atoms with Gasteiger partial charge in [0.1, 0.15) is 5.82 Å². The van der Waals surface area contributed by atoms with Crippen molar-refractivity contribution in [3.05, 3.63) is 47.8 Å². The van der Waals surface area contributed by atoms with E-state index in [2.05, 4.69) is 11.9 Å². The molecular formula is C13H16ClF3N2. The van der Waals surface area contributed by atoms with Gasteiger partial charge in [-0.05, 0) is 6.07 Å². The summed E-state index contributed by atoms with van der Waals surface area (Å²) in [5.41, 5.74) is 0.130. The fraction of sp³-hybridized carbons (Fsp3) is 0.385. The van der Waals surface area contributed by atoms with Crippen molar-refractivity contribution in [2.24, 2.45) is 0 Å². The van der Waals surface area contributed by atoms with E-state index in [1.807, 2.05) is 4.90 Å². The fourth-order valence-electron chi connectivity index (χ4n) is 2.20. The zero-order chi connectivity index (χ0) is 13.1. The third-order valence-electron chi connectivity index (χ3n) is 3.13. The van der Waals surface area contributed by atoms with Crippen LogP contribution in [0.3, 0.4) is 0 Å². The fourth-order valence-corrected chi connectivity index (χ4v) is 2.20. The molecule has 0 saturated carbocycles. The van der Waals surface area contributed by atoms with Gasteiger partial charge in [-0.25, -0.2) is 13.2 Å². The Morgan fingerprint density at radius 1 is 1.11 bits per heavy atom. The Balaban J connectivity index is 0.00000180. The molecule has 1 heterocycles. The largest absolute Gasteiger partial charge is 0.314 e. The average molecular weight is 293 g/mol. The molecule has 2 rings (SSSR count). The van der Waals surface area contributed by atoms with Gasteiger partial charge in [0.2, 0.25) is 0 Å². The Hall–Kier alpha value is -1.04. The summed E-state index contributed by atoms with van der Waals surface area (Å²) in [5, 5.41) is 3.18. The van der Waals surface area contributed by atoms with Gasteiger partial charge in [-0.2, -0.15) is 0 Å². The number of nitrogens with one attached hydrogen (secondary N) is 1. The predicted octanol–water partition coefficient (Wildman–Crippen LogP) is 2.66. The first-order chi connectivity index (χ1) is 8.63. The van der Waals surface area contributed by atoms with Crippen LogP contribution in [0.4, 0.5) is 13.2 Å². The maximum absolute atomic E-state index is 13.7. The minimum Gasteiger partial charge on any atom is -0.314 e. The van der Waals surface area contributed by atoms with Crippen LogP contribution in [-0.2, 0) is 0 Å². The molecule has 0 aromatic heterocycles. The Morgan fingerprint density at radius 3 is 2.26 bits per heavy atom. The molecule has 1 atom stereocenters. The van der Waals surface area contributed by atoms with E-state index in [0.29, 0.717) is 6.07 Å². The van der Waals surface area contributed by atoms with Crippen molar-refractivity contribution in [1.82, 2.24) is 10.2 Å². The lowest BCUT2D eigenvalue weighted by molar-refractivity contribution is 0.200. The molecule has 1 aliphatic rings. The molecular weight excluding hydrogens is 277 g/mol. The quantitative estimate of drug-likeness (QED) is 0.681. The highest BCUT2D eigenvalue weighted by Crippen LogP contribution is 2.26. The summed E-state index contributed by atoms with van der Waals surface area (Å²) in [6.45, 7) is 6.67. The Bertz CT molecular complexity index is 448. The number of hydrogen-bond acceptors (Lipinski definition) is 2. The first-order valence-electron chi connectivity index (χ1n) is 5.85. The van der Waals surface area contributed by atoms with Crippen LogP contribution in [0.1, 0.15) is 11.6 Å². The highest BCUT2D eigenvalue weighted by atomic mass is 35.5. The second kappa shape index (κ2) is 6.93. The van der Waals surface area contributed by atoms with Gasteiger partial charge in [0.15, 0.2) is 11.6 Å². The summed E-state index contributed by atoms with van der Waals surface area (Å²) in [4.78, 5) is 1.99. The van der Waals surface area contributed by atoms with Gasteiger partial charge in [0.05, 0.1) is 6.04 Å². The van der Waals surface area contributed by atoms with Crippen molar-refractivity contribution < 1.29 is 13.2 Å². The summed E-state index contributed by atoms with van der Waals surface area (Å²) in [5.74, 6) is -2.94. The number of piperazine rings is 1. The van der Waals surface area contributed by atoms with Crippen molar-refractivity contribution in [2.45, 2.75) is 6.04 Å². The van der Waals surface area contributed by atoms with Crippen LogP contribution >= 0.6 is 12.4 Å². The lowest BCUT2D eigenvalue weighted by atomic mass is 10.0. The summed E-state index contributed by atoms with van der Waals surface area (Å²) >= 11 is 0. The first kappa shape index (κ1) is 16.0. The summed E-state index contributed by atoms with van der Waals surface area (Å²) in [6, 6.07) is 1.07. The molecule has 1 aliphatic heterocycles. The molecule has 2 nitrogen and oxygen atoms in total. The summed E-state index contributed by atoms with van der Waals surface area (Å²) in [6.07, 6.45) is 1.56. The molecule has 0 aliphatic carbocycles. The van der Waals surface area contributed by atoms with Gasteiger partial charge < -0.3 is 5.32 Å². The van der Waals surface area contributed by atoms with Crippen molar-refractivity contribution in [3.8, 4) is 0 Å². The van der Waals surface area contributed by atoms with Crippen LogP contribution in [0, 0.1) is 17.5 Å². The second-order valence-corrected chi connectivity index (χ2v) is 4.25. The molecule has 0 bridgehead atoms. The van der Waals surface area contributed by atoms with Crippen molar-refractivity contribution in [1.29, 1.82) is 0 Å². The SMILES string of the molecule is C=C[C@H](c1cc(F)c(F)cc1F)N1CCNCC1.Cl. The predicted molar refractivity (Wildman–Crippen MR) is 70.9 cm³/mol. The van der Waals surface area contributed by atoms with E-state index in [4.69, 9.17) is 0 Å². The van der Waals surface area contributed by atoms with Crippen molar-refractivity contribution in [2.75, 3.05) is 26.2 Å². The van der Waals surface area contributed by atoms with Crippen LogP contribution in [0.15, 0.2) is 24.8 Å². The molecule has 1 N–H and O–H groups in total. The molecule has 1 aromatic rings. The smallest absolute Gasteiger partial charge is 0.161 e. The maximum atomic E-state index is 13.7. The van der Waals surface area contributed by atoms with E-state index < -0.39 is 23.5 Å². The highest BCUT2D eigenvalue weighted by molar-refractivity contribution is 5.85. The van der Waals surface area contributed by atoms with Crippen LogP contribution < -0.4 is 5.32 Å². The van der Waals surface area contributed by atoms with Gasteiger partial charge in [-0.3, -0.25) is 4.90 Å². The number of halogens is 4. The summed E-state index contributed by atoms with van der Waals surface area (Å²) < 4.78 is 39.8. The average Bonchev–Trinajstić information content (AvgIpc) is 2.38. The zero-order valence-electron chi connectivity index (χ0n) is 10.3. The molecule has 0 spiro atoms. The monoisotopic (exact) mass is 292 g/mol. The third-order valence-corrected chi connectivity index (χ3v) is 3.13. The van der Waals surface area contributed by atoms with Gasteiger partial charge in [-0.15, -0.1) is 19.0 Å². The molecule has 19 heavy (non-hydrogen) atoms. The number of nitrogens with zero attached hydrogens (tertiary/aromatic N) is 1. The molecule has 1 aromatic carbocycles. The van der Waals surface area contributed by atoms with E-state index in [1.165, 1.54) is 0 Å². The van der Waals surface area contributed by atoms with Crippen LogP contribution in [-0.4, -0.2) is 31.1 Å². The number of rotatable bonds is 3. The number of benzene rings is 1. The maximum Gasteiger partial charge on any atom is 0.161 e. The van der Waals surface area contributed by atoms with E-state index in [-0.39, 0.29) is 18.0 Å². The molecule has 6 heteroatoms. The Labute approximate surface area is 116 Å². The lowest BCUT2D eigenvalue weighted by Gasteiger charge is -2.33. The minimum atomic E-state index is -1.17. The van der Waals surface area contributed by atoms with Crippen LogP contribution in [0.2, 0.25) is 0 Å². The Morgan fingerprint density at radius 2 is 1.68 bits per heavy atom. The standard InChI is InChI=1S/C13H15F3N2.ClH/c1-2-13(18-5-3-17-4-6-18)9-7-11(15)12(16)8-10(9)14;/h2,7-8,13,17H,1,3-6H2;1H/t13-;/m1./s1. The summed E-state index contributed by atoms with van der Waals surface area (Å²) in [7, 11) is 0. The normalized spacial score (nSPS) is 17.6. The molecule has 0 unspecified atom stereocenters. The second-order valence-electron chi connectivity index (χ2n) is 4.25. The van der Waals surface area contributed by atoms with E-state index in [9.17, 15) is 13.2 Å². The lowest BCUT2D eigenvalue weighted by Crippen LogP contribution is -2.44. The molecule has 0 radical (unpaired) electrons. The molecule has 106 valence electrons. The van der Waals surface area contributed by atoms with Crippen LogP contribution in [0.25, 0.3) is 0 Å². The zero-order valence-corrected chi connectivity index (χ0v) is 11.2. The van der Waals surface area contributed by atoms with E-state index in [0.717, 1.165) is 32.2 Å². The van der Waals surface area contributed by atoms with Gasteiger partial charge in [-0.1, -0.05) is 6.08 Å². The Kier molecular flexibility index (Phi) is 5.85. The van der Waals surface area contributed by atoms with Gasteiger partial charge in [0.25, 0.3) is 0 Å². The van der Waals surface area contributed by atoms with E-state index >= 15 is 0 Å². The molecule has 1 fully saturated rings. The highest BCUT2D eigenvalue weighted by Gasteiger charge is 2.23. The first-order valence-corrected chi connectivity index (χ1v) is 5.85. The van der Waals surface area contributed by atoms with Crippen molar-refractivity contribution in [3.63, 3.8) is 0 Å². The van der Waals surface area contributed by atoms with Gasteiger partial charge >= 0.3 is 0 Å². The van der Waals surface area contributed by atoms with Gasteiger partial charge in [0, 0.05) is 37.8 Å². The topological polar surface area (TPSA) is 15.3 Å².